The summed E-state index contributed by atoms with van der Waals surface area (Å²) in [5, 5.41) is 0. The standard InChI is InChI=1S/C16H18S4/c17-13-7-1-3-9-15(13)19-11-5-6-12-20-16-10-4-2-8-14(16)18/h1-4,7-10,17-18H,5-6,11-12H2. The molecule has 0 saturated heterocycles. The first-order valence-corrected chi connectivity index (χ1v) is 9.45. The normalized spacial score (nSPS) is 10.7. The minimum atomic E-state index is 1.08. The fraction of sp³-hybridized carbons (Fsp3) is 0.250. The molecule has 0 N–H and O–H groups in total. The third-order valence-corrected chi connectivity index (χ3v) is 6.19. The van der Waals surface area contributed by atoms with Crippen LogP contribution in [-0.2, 0) is 0 Å². The van der Waals surface area contributed by atoms with Crippen LogP contribution in [0.15, 0.2) is 68.1 Å². The van der Waals surface area contributed by atoms with Crippen LogP contribution in [-0.4, -0.2) is 11.5 Å². The summed E-state index contributed by atoms with van der Waals surface area (Å²) >= 11 is 12.7. The van der Waals surface area contributed by atoms with E-state index in [0.29, 0.717) is 0 Å². The maximum absolute atomic E-state index is 4.47. The molecule has 20 heavy (non-hydrogen) atoms. The van der Waals surface area contributed by atoms with E-state index in [1.165, 1.54) is 22.6 Å². The third kappa shape index (κ3) is 5.32. The molecule has 0 aliphatic carbocycles. The number of rotatable bonds is 7. The fourth-order valence-electron chi connectivity index (χ4n) is 1.73. The molecule has 0 aromatic heterocycles. The molecule has 0 amide bonds. The van der Waals surface area contributed by atoms with Crippen LogP contribution in [0, 0.1) is 0 Å². The van der Waals surface area contributed by atoms with Gasteiger partial charge in [0.2, 0.25) is 0 Å². The van der Waals surface area contributed by atoms with Crippen molar-refractivity contribution in [2.75, 3.05) is 11.5 Å². The molecule has 0 bridgehead atoms. The summed E-state index contributed by atoms with van der Waals surface area (Å²) in [6, 6.07) is 16.6. The number of hydrogen-bond donors (Lipinski definition) is 2. The van der Waals surface area contributed by atoms with Crippen molar-refractivity contribution in [2.45, 2.75) is 32.4 Å². The molecule has 0 radical (unpaired) electrons. The van der Waals surface area contributed by atoms with E-state index in [0.717, 1.165) is 21.3 Å². The molecule has 0 unspecified atom stereocenters. The average Bonchev–Trinajstić information content (AvgIpc) is 2.46. The molecular formula is C16H18S4. The van der Waals surface area contributed by atoms with E-state index in [-0.39, 0.29) is 0 Å². The summed E-state index contributed by atoms with van der Waals surface area (Å²) in [6.07, 6.45) is 2.46. The van der Waals surface area contributed by atoms with Crippen molar-refractivity contribution in [2.24, 2.45) is 0 Å². The summed E-state index contributed by atoms with van der Waals surface area (Å²) in [5.74, 6) is 2.31. The Balaban J connectivity index is 1.63. The van der Waals surface area contributed by atoms with Crippen LogP contribution in [0.2, 0.25) is 0 Å². The van der Waals surface area contributed by atoms with Gasteiger partial charge >= 0.3 is 0 Å². The van der Waals surface area contributed by atoms with Crippen molar-refractivity contribution in [1.29, 1.82) is 0 Å². The molecule has 0 atom stereocenters. The summed E-state index contributed by atoms with van der Waals surface area (Å²) in [7, 11) is 0. The van der Waals surface area contributed by atoms with Gasteiger partial charge in [0.05, 0.1) is 0 Å². The monoisotopic (exact) mass is 338 g/mol. The predicted molar refractivity (Wildman–Crippen MR) is 98.1 cm³/mol. The SMILES string of the molecule is Sc1ccccc1SCCCCSc1ccccc1S. The van der Waals surface area contributed by atoms with Crippen LogP contribution in [0.4, 0.5) is 0 Å². The van der Waals surface area contributed by atoms with Crippen molar-refractivity contribution in [3.63, 3.8) is 0 Å². The molecule has 2 aromatic rings. The minimum absolute atomic E-state index is 1.08. The van der Waals surface area contributed by atoms with E-state index in [2.05, 4.69) is 49.5 Å². The molecular weight excluding hydrogens is 320 g/mol. The molecule has 0 spiro atoms. The van der Waals surface area contributed by atoms with Crippen LogP contribution in [0.5, 0.6) is 0 Å². The van der Waals surface area contributed by atoms with Crippen LogP contribution in [0.25, 0.3) is 0 Å². The Labute approximate surface area is 141 Å². The lowest BCUT2D eigenvalue weighted by Crippen LogP contribution is -1.85. The topological polar surface area (TPSA) is 0 Å². The quantitative estimate of drug-likeness (QED) is 0.365. The van der Waals surface area contributed by atoms with Crippen molar-refractivity contribution in [3.05, 3.63) is 48.5 Å². The number of benzene rings is 2. The maximum atomic E-state index is 4.47. The van der Waals surface area contributed by atoms with Crippen LogP contribution in [0.3, 0.4) is 0 Å². The van der Waals surface area contributed by atoms with E-state index >= 15 is 0 Å². The lowest BCUT2D eigenvalue weighted by molar-refractivity contribution is 0.905. The highest BCUT2D eigenvalue weighted by molar-refractivity contribution is 8.00. The first-order chi connectivity index (χ1) is 9.77. The summed E-state index contributed by atoms with van der Waals surface area (Å²) < 4.78 is 0. The molecule has 0 heterocycles. The van der Waals surface area contributed by atoms with Gasteiger partial charge in [-0.15, -0.1) is 48.8 Å². The molecule has 0 fully saturated rings. The highest BCUT2D eigenvalue weighted by atomic mass is 32.2. The number of thiol groups is 2. The summed E-state index contributed by atoms with van der Waals surface area (Å²) in [5.41, 5.74) is 0. The lowest BCUT2D eigenvalue weighted by atomic mass is 10.4. The molecule has 2 rings (SSSR count). The van der Waals surface area contributed by atoms with Gasteiger partial charge in [0.15, 0.2) is 0 Å². The second-order valence-electron chi connectivity index (χ2n) is 4.34. The van der Waals surface area contributed by atoms with Gasteiger partial charge in [-0.05, 0) is 48.6 Å². The van der Waals surface area contributed by atoms with Crippen LogP contribution in [0.1, 0.15) is 12.8 Å². The van der Waals surface area contributed by atoms with Gasteiger partial charge in [-0.1, -0.05) is 24.3 Å². The van der Waals surface area contributed by atoms with Crippen molar-refractivity contribution in [3.8, 4) is 0 Å². The summed E-state index contributed by atoms with van der Waals surface area (Å²) in [6.45, 7) is 0. The van der Waals surface area contributed by atoms with Gasteiger partial charge in [0.1, 0.15) is 0 Å². The smallest absolute Gasteiger partial charge is 0.0205 e. The second-order valence-corrected chi connectivity index (χ2v) is 7.58. The lowest BCUT2D eigenvalue weighted by Gasteiger charge is -2.06. The highest BCUT2D eigenvalue weighted by Crippen LogP contribution is 2.28. The second kappa shape index (κ2) is 8.98. The van der Waals surface area contributed by atoms with Crippen LogP contribution < -0.4 is 0 Å². The van der Waals surface area contributed by atoms with E-state index in [4.69, 9.17) is 0 Å². The first-order valence-electron chi connectivity index (χ1n) is 6.59. The third-order valence-electron chi connectivity index (χ3n) is 2.78. The fourth-order valence-corrected chi connectivity index (χ4v) is 4.35. The van der Waals surface area contributed by atoms with Gasteiger partial charge in [-0.2, -0.15) is 0 Å². The zero-order valence-corrected chi connectivity index (χ0v) is 14.6. The van der Waals surface area contributed by atoms with Gasteiger partial charge < -0.3 is 0 Å². The van der Waals surface area contributed by atoms with Crippen molar-refractivity contribution >= 4 is 48.8 Å². The number of thioether (sulfide) groups is 2. The number of unbranched alkanes of at least 4 members (excludes halogenated alkanes) is 1. The first kappa shape index (κ1) is 16.2. The van der Waals surface area contributed by atoms with E-state index in [1.807, 2.05) is 47.8 Å². The highest BCUT2D eigenvalue weighted by Gasteiger charge is 2.00. The summed E-state index contributed by atoms with van der Waals surface area (Å²) in [4.78, 5) is 4.72. The van der Waals surface area contributed by atoms with Gasteiger partial charge in [-0.25, -0.2) is 0 Å². The van der Waals surface area contributed by atoms with E-state index < -0.39 is 0 Å². The maximum Gasteiger partial charge on any atom is 0.0205 e. The van der Waals surface area contributed by atoms with E-state index in [9.17, 15) is 0 Å². The predicted octanol–water partition coefficient (Wildman–Crippen LogP) is 5.93. The van der Waals surface area contributed by atoms with Gasteiger partial charge in [0.25, 0.3) is 0 Å². The molecule has 2 aromatic carbocycles. The molecule has 0 aliphatic heterocycles. The Kier molecular flexibility index (Phi) is 7.28. The zero-order valence-electron chi connectivity index (χ0n) is 11.2. The Bertz CT molecular complexity index is 490. The largest absolute Gasteiger partial charge is 0.142 e. The molecule has 0 aliphatic rings. The molecule has 0 nitrogen and oxygen atoms in total. The van der Waals surface area contributed by atoms with Gasteiger partial charge in [0, 0.05) is 19.6 Å². The Morgan fingerprint density at radius 2 is 1.05 bits per heavy atom. The zero-order chi connectivity index (χ0) is 14.2. The minimum Gasteiger partial charge on any atom is -0.142 e. The number of hydrogen-bond acceptors (Lipinski definition) is 4. The van der Waals surface area contributed by atoms with Gasteiger partial charge in [-0.3, -0.25) is 0 Å². The average molecular weight is 339 g/mol. The van der Waals surface area contributed by atoms with Crippen LogP contribution >= 0.6 is 48.8 Å². The van der Waals surface area contributed by atoms with Crippen molar-refractivity contribution in [1.82, 2.24) is 0 Å². The van der Waals surface area contributed by atoms with E-state index in [1.54, 1.807) is 0 Å². The molecule has 4 heteroatoms. The molecule has 106 valence electrons. The Morgan fingerprint density at radius 1 is 0.650 bits per heavy atom. The Morgan fingerprint density at radius 3 is 1.45 bits per heavy atom. The van der Waals surface area contributed by atoms with Crippen molar-refractivity contribution < 1.29 is 0 Å². The molecule has 0 saturated carbocycles. The Hall–Kier alpha value is -0.160.